The lowest BCUT2D eigenvalue weighted by atomic mass is 10.0. The molecule has 2 amide bonds. The Morgan fingerprint density at radius 1 is 1.19 bits per heavy atom. The maximum Gasteiger partial charge on any atom is 0.408 e. The van der Waals surface area contributed by atoms with Gasteiger partial charge in [-0.3, -0.25) is 4.79 Å². The van der Waals surface area contributed by atoms with Gasteiger partial charge in [0.1, 0.15) is 5.60 Å². The maximum absolute atomic E-state index is 11.7. The second kappa shape index (κ2) is 7.53. The Morgan fingerprint density at radius 2 is 1.71 bits per heavy atom. The topological polar surface area (TPSA) is 108 Å². The van der Waals surface area contributed by atoms with Crippen LogP contribution in [0.3, 0.4) is 0 Å². The number of hydrogen-bond donors (Lipinski definition) is 2. The van der Waals surface area contributed by atoms with Gasteiger partial charge in [-0.15, -0.1) is 11.8 Å². The number of thioether (sulfide) groups is 1. The Labute approximate surface area is 129 Å². The van der Waals surface area contributed by atoms with Crippen LogP contribution in [0, 0.1) is 0 Å². The molecule has 0 spiro atoms. The number of aliphatic carboxylic acids is 1. The number of ether oxygens (including phenoxy) is 1. The van der Waals surface area contributed by atoms with Gasteiger partial charge in [-0.25, -0.2) is 4.79 Å². The highest BCUT2D eigenvalue weighted by Crippen LogP contribution is 2.27. The molecule has 8 heteroatoms. The summed E-state index contributed by atoms with van der Waals surface area (Å²) in [5.41, 5.74) is -0.728. The first-order valence-corrected chi connectivity index (χ1v) is 7.42. The van der Waals surface area contributed by atoms with Crippen LogP contribution in [0.25, 0.3) is 0 Å². The van der Waals surface area contributed by atoms with Crippen molar-refractivity contribution in [2.45, 2.75) is 57.9 Å². The van der Waals surface area contributed by atoms with Crippen molar-refractivity contribution in [3.05, 3.63) is 0 Å². The molecule has 0 aromatic carbocycles. The fourth-order valence-corrected chi connectivity index (χ4v) is 2.32. The number of carbonyl (C=O) groups is 3. The largest absolute Gasteiger partial charge is 0.548 e. The number of hydrogen-bond acceptors (Lipinski definition) is 6. The van der Waals surface area contributed by atoms with E-state index in [9.17, 15) is 19.5 Å². The van der Waals surface area contributed by atoms with E-state index in [0.29, 0.717) is 0 Å². The van der Waals surface area contributed by atoms with Crippen LogP contribution in [0.4, 0.5) is 4.79 Å². The van der Waals surface area contributed by atoms with Crippen LogP contribution < -0.4 is 15.7 Å². The van der Waals surface area contributed by atoms with Gasteiger partial charge in [0.2, 0.25) is 5.91 Å². The average molecular weight is 319 g/mol. The molecule has 0 rings (SSSR count). The van der Waals surface area contributed by atoms with E-state index in [2.05, 4.69) is 10.6 Å². The van der Waals surface area contributed by atoms with Crippen LogP contribution in [0.2, 0.25) is 0 Å². The zero-order valence-corrected chi connectivity index (χ0v) is 14.1. The minimum atomic E-state index is -1.42. The molecule has 0 aromatic rings. The first-order valence-electron chi connectivity index (χ1n) is 6.44. The van der Waals surface area contributed by atoms with Crippen LogP contribution in [0.15, 0.2) is 0 Å². The first kappa shape index (κ1) is 19.6. The second-order valence-electron chi connectivity index (χ2n) is 6.02. The van der Waals surface area contributed by atoms with Crippen molar-refractivity contribution >= 4 is 29.7 Å². The summed E-state index contributed by atoms with van der Waals surface area (Å²) in [6.07, 6.45) is -0.829. The van der Waals surface area contributed by atoms with Crippen molar-refractivity contribution in [1.82, 2.24) is 10.6 Å². The number of carbonyl (C=O) groups excluding carboxylic acids is 3. The van der Waals surface area contributed by atoms with Crippen LogP contribution in [-0.2, 0) is 14.3 Å². The van der Waals surface area contributed by atoms with Gasteiger partial charge in [-0.1, -0.05) is 0 Å². The normalized spacial score (nSPS) is 13.2. The number of carboxylic acid groups (broad SMARTS) is 1. The fraction of sp³-hybridized carbons (Fsp3) is 0.769. The molecular weight excluding hydrogens is 296 g/mol. The smallest absolute Gasteiger partial charge is 0.408 e. The van der Waals surface area contributed by atoms with Gasteiger partial charge in [0, 0.05) is 11.7 Å². The second-order valence-corrected chi connectivity index (χ2v) is 7.65. The highest BCUT2D eigenvalue weighted by molar-refractivity contribution is 8.00. The van der Waals surface area contributed by atoms with Gasteiger partial charge in [0.25, 0.3) is 0 Å². The lowest BCUT2D eigenvalue weighted by Crippen LogP contribution is -2.58. The summed E-state index contributed by atoms with van der Waals surface area (Å²) in [4.78, 5) is 33.8. The van der Waals surface area contributed by atoms with E-state index in [1.807, 2.05) is 0 Å². The summed E-state index contributed by atoms with van der Waals surface area (Å²) >= 11 is 1.18. The van der Waals surface area contributed by atoms with Crippen molar-refractivity contribution < 1.29 is 24.2 Å². The Balaban J connectivity index is 4.76. The molecule has 0 aromatic heterocycles. The van der Waals surface area contributed by atoms with Crippen LogP contribution >= 0.6 is 11.8 Å². The fourth-order valence-electron chi connectivity index (χ4n) is 1.35. The van der Waals surface area contributed by atoms with Gasteiger partial charge in [-0.05, 0) is 34.6 Å². The van der Waals surface area contributed by atoms with Crippen LogP contribution in [0.5, 0.6) is 0 Å². The summed E-state index contributed by atoms with van der Waals surface area (Å²) in [6.45, 7) is 9.67. The summed E-state index contributed by atoms with van der Waals surface area (Å²) in [6, 6.07) is -1.26. The molecule has 0 fully saturated rings. The van der Waals surface area contributed by atoms with Gasteiger partial charge < -0.3 is 25.3 Å². The van der Waals surface area contributed by atoms with Gasteiger partial charge >= 0.3 is 6.09 Å². The van der Waals surface area contributed by atoms with Gasteiger partial charge in [-0.2, -0.15) is 0 Å². The summed E-state index contributed by atoms with van der Waals surface area (Å²) < 4.78 is 4.15. The van der Waals surface area contributed by atoms with E-state index in [1.54, 1.807) is 34.6 Å². The van der Waals surface area contributed by atoms with E-state index in [1.165, 1.54) is 18.7 Å². The standard InChI is InChI=1S/C13H24N2O5S/c1-8(16)14-7-21-13(5,6)9(10(17)18)15-11(19)20-12(2,3)4/h9H,7H2,1-6H3,(H,14,16)(H,15,19)(H,17,18)/p-1/t9-/m1/s1. The summed E-state index contributed by atoms with van der Waals surface area (Å²) in [5.74, 6) is -1.41. The molecule has 0 saturated heterocycles. The third kappa shape index (κ3) is 8.44. The number of rotatable bonds is 6. The predicted molar refractivity (Wildman–Crippen MR) is 78.5 cm³/mol. The monoisotopic (exact) mass is 319 g/mol. The average Bonchev–Trinajstić information content (AvgIpc) is 2.21. The Morgan fingerprint density at radius 3 is 2.10 bits per heavy atom. The zero-order valence-electron chi connectivity index (χ0n) is 13.2. The van der Waals surface area contributed by atoms with Crippen LogP contribution in [0.1, 0.15) is 41.5 Å². The number of amides is 2. The molecule has 0 aliphatic rings. The Bertz CT molecular complexity index is 404. The van der Waals surface area contributed by atoms with E-state index in [0.717, 1.165) is 0 Å². The summed E-state index contributed by atoms with van der Waals surface area (Å²) in [7, 11) is 0. The molecule has 122 valence electrons. The molecule has 0 aliphatic heterocycles. The number of carboxylic acids is 1. The van der Waals surface area contributed by atoms with Crippen molar-refractivity contribution in [3.63, 3.8) is 0 Å². The quantitative estimate of drug-likeness (QED) is 0.679. The molecule has 1 atom stereocenters. The van der Waals surface area contributed by atoms with Gasteiger partial charge in [0.15, 0.2) is 0 Å². The zero-order chi connectivity index (χ0) is 16.8. The molecule has 0 bridgehead atoms. The molecule has 0 unspecified atom stereocenters. The maximum atomic E-state index is 11.7. The molecule has 0 aliphatic carbocycles. The van der Waals surface area contributed by atoms with Crippen molar-refractivity contribution in [1.29, 1.82) is 0 Å². The Kier molecular flexibility index (Phi) is 7.02. The van der Waals surface area contributed by atoms with E-state index in [-0.39, 0.29) is 11.8 Å². The minimum absolute atomic E-state index is 0.219. The van der Waals surface area contributed by atoms with E-state index >= 15 is 0 Å². The van der Waals surface area contributed by atoms with Crippen molar-refractivity contribution in [2.24, 2.45) is 0 Å². The molecule has 2 N–H and O–H groups in total. The van der Waals surface area contributed by atoms with Gasteiger partial charge in [0.05, 0.1) is 17.9 Å². The lowest BCUT2D eigenvalue weighted by molar-refractivity contribution is -0.308. The van der Waals surface area contributed by atoms with E-state index in [4.69, 9.17) is 4.74 Å². The minimum Gasteiger partial charge on any atom is -0.548 e. The third-order valence-corrected chi connectivity index (χ3v) is 3.63. The number of nitrogens with one attached hydrogen (secondary N) is 2. The molecule has 0 radical (unpaired) electrons. The number of alkyl carbamates (subject to hydrolysis) is 1. The predicted octanol–water partition coefficient (Wildman–Crippen LogP) is 0.235. The molecular formula is C13H23N2O5S-. The summed E-state index contributed by atoms with van der Waals surface area (Å²) in [5, 5.41) is 16.1. The van der Waals surface area contributed by atoms with Crippen LogP contribution in [-0.4, -0.2) is 40.2 Å². The Hall–Kier alpha value is -1.44. The molecule has 7 nitrogen and oxygen atoms in total. The molecule has 0 heterocycles. The van der Waals surface area contributed by atoms with E-state index < -0.39 is 28.5 Å². The van der Waals surface area contributed by atoms with Crippen molar-refractivity contribution in [3.8, 4) is 0 Å². The molecule has 21 heavy (non-hydrogen) atoms. The highest BCUT2D eigenvalue weighted by Gasteiger charge is 2.33. The lowest BCUT2D eigenvalue weighted by Gasteiger charge is -2.35. The SMILES string of the molecule is CC(=O)NCSC(C)(C)[C@H](NC(=O)OC(C)(C)C)C(=O)[O-]. The van der Waals surface area contributed by atoms with Crippen molar-refractivity contribution in [2.75, 3.05) is 5.88 Å². The first-order chi connectivity index (χ1) is 9.35. The highest BCUT2D eigenvalue weighted by atomic mass is 32.2. The third-order valence-electron chi connectivity index (χ3n) is 2.36. The molecule has 0 saturated carbocycles.